The summed E-state index contributed by atoms with van der Waals surface area (Å²) in [5, 5.41) is 0.491. The van der Waals surface area contributed by atoms with Crippen LogP contribution in [0.2, 0.25) is 0 Å². The highest BCUT2D eigenvalue weighted by molar-refractivity contribution is 5.93. The molecule has 0 aliphatic heterocycles. The fraction of sp³-hybridized carbons (Fsp3) is 0.316. The van der Waals surface area contributed by atoms with Gasteiger partial charge in [-0.25, -0.2) is 0 Å². The lowest BCUT2D eigenvalue weighted by atomic mass is 9.92. The molecule has 132 valence electrons. The van der Waals surface area contributed by atoms with E-state index in [1.54, 1.807) is 37.4 Å². The van der Waals surface area contributed by atoms with Crippen LogP contribution in [0.4, 0.5) is 0 Å². The van der Waals surface area contributed by atoms with E-state index in [0.29, 0.717) is 22.9 Å². The van der Waals surface area contributed by atoms with Crippen molar-refractivity contribution >= 4 is 18.1 Å². The van der Waals surface area contributed by atoms with Crippen LogP contribution in [0.3, 0.4) is 0 Å². The highest BCUT2D eigenvalue weighted by atomic mass is 16.1. The van der Waals surface area contributed by atoms with Crippen molar-refractivity contribution < 1.29 is 4.79 Å². The predicted octanol–water partition coefficient (Wildman–Crippen LogP) is 0.218. The summed E-state index contributed by atoms with van der Waals surface area (Å²) >= 11 is 0. The predicted molar refractivity (Wildman–Crippen MR) is 98.6 cm³/mol. The number of primary amides is 1. The minimum Gasteiger partial charge on any atom is -0.366 e. The minimum atomic E-state index is -0.552. The van der Waals surface area contributed by atoms with Gasteiger partial charge in [0.2, 0.25) is 5.91 Å². The number of nitrogens with two attached hydrogens (primary N) is 1. The lowest BCUT2D eigenvalue weighted by Gasteiger charge is -2.14. The van der Waals surface area contributed by atoms with Crippen LogP contribution in [0, 0.1) is 5.41 Å². The third-order valence-electron chi connectivity index (χ3n) is 3.77. The standard InChI is InChI=1S/C19H23N3O3/c1-19(2,3)9-8-15-17(24)21-14(18(25)22(15)4)11-12-6-5-7-13(10-12)16(20)23/h5-8,10-11H,9H2,1-4H3,(H2,20,23)(H,21,24)/b14-11-,15-8-. The number of carbonyl (C=O) groups excluding carboxylic acids is 1. The number of benzene rings is 1. The van der Waals surface area contributed by atoms with E-state index in [1.165, 1.54) is 10.6 Å². The van der Waals surface area contributed by atoms with E-state index < -0.39 is 5.91 Å². The van der Waals surface area contributed by atoms with Crippen molar-refractivity contribution in [3.05, 3.63) is 66.8 Å². The first-order valence-corrected chi connectivity index (χ1v) is 7.99. The summed E-state index contributed by atoms with van der Waals surface area (Å²) in [5.74, 6) is -0.552. The van der Waals surface area contributed by atoms with E-state index in [4.69, 9.17) is 5.73 Å². The molecule has 0 aliphatic rings. The largest absolute Gasteiger partial charge is 0.366 e. The molecule has 1 aromatic heterocycles. The first kappa shape index (κ1) is 18.4. The molecule has 0 saturated heterocycles. The zero-order valence-corrected chi connectivity index (χ0v) is 14.9. The molecule has 0 aliphatic carbocycles. The third-order valence-corrected chi connectivity index (χ3v) is 3.77. The van der Waals surface area contributed by atoms with Crippen molar-refractivity contribution in [2.45, 2.75) is 27.2 Å². The molecule has 0 fully saturated rings. The Kier molecular flexibility index (Phi) is 5.11. The van der Waals surface area contributed by atoms with Gasteiger partial charge in [0.05, 0.1) is 0 Å². The Bertz CT molecular complexity index is 1040. The van der Waals surface area contributed by atoms with E-state index in [-0.39, 0.29) is 21.9 Å². The van der Waals surface area contributed by atoms with E-state index in [9.17, 15) is 14.4 Å². The Balaban J connectivity index is 2.63. The molecule has 6 heteroatoms. The van der Waals surface area contributed by atoms with Crippen LogP contribution in [0.15, 0.2) is 33.9 Å². The third kappa shape index (κ3) is 4.56. The Morgan fingerprint density at radius 3 is 2.56 bits per heavy atom. The van der Waals surface area contributed by atoms with Gasteiger partial charge in [-0.2, -0.15) is 0 Å². The fourth-order valence-electron chi connectivity index (χ4n) is 2.36. The highest BCUT2D eigenvalue weighted by Gasteiger charge is 2.09. The van der Waals surface area contributed by atoms with Gasteiger partial charge < -0.3 is 15.3 Å². The Labute approximate surface area is 145 Å². The van der Waals surface area contributed by atoms with Gasteiger partial charge in [-0.15, -0.1) is 0 Å². The molecule has 1 amide bonds. The van der Waals surface area contributed by atoms with Gasteiger partial charge >= 0.3 is 0 Å². The zero-order valence-electron chi connectivity index (χ0n) is 14.9. The average Bonchev–Trinajstić information content (AvgIpc) is 2.51. The molecule has 0 radical (unpaired) electrons. The van der Waals surface area contributed by atoms with Crippen molar-refractivity contribution in [2.24, 2.45) is 18.2 Å². The maximum atomic E-state index is 12.5. The molecule has 0 spiro atoms. The van der Waals surface area contributed by atoms with Crippen molar-refractivity contribution in [3.63, 3.8) is 0 Å². The number of hydrogen-bond donors (Lipinski definition) is 2. The van der Waals surface area contributed by atoms with Gasteiger partial charge in [-0.1, -0.05) is 39.0 Å². The van der Waals surface area contributed by atoms with Gasteiger partial charge in [-0.05, 0) is 35.6 Å². The smallest absolute Gasteiger partial charge is 0.274 e. The number of nitrogens with one attached hydrogen (secondary N) is 1. The first-order chi connectivity index (χ1) is 11.6. The summed E-state index contributed by atoms with van der Waals surface area (Å²) in [4.78, 5) is 38.8. The van der Waals surface area contributed by atoms with Crippen molar-refractivity contribution in [1.29, 1.82) is 0 Å². The van der Waals surface area contributed by atoms with Crippen molar-refractivity contribution in [1.82, 2.24) is 9.55 Å². The lowest BCUT2D eigenvalue weighted by Crippen LogP contribution is -2.52. The van der Waals surface area contributed by atoms with Crippen LogP contribution in [0.5, 0.6) is 0 Å². The van der Waals surface area contributed by atoms with Crippen LogP contribution in [-0.4, -0.2) is 15.5 Å². The number of nitrogens with zero attached hydrogens (tertiary/aromatic N) is 1. The van der Waals surface area contributed by atoms with E-state index in [2.05, 4.69) is 25.8 Å². The Morgan fingerprint density at radius 2 is 1.96 bits per heavy atom. The van der Waals surface area contributed by atoms with Crippen LogP contribution in [-0.2, 0) is 7.05 Å². The summed E-state index contributed by atoms with van der Waals surface area (Å²) in [6.07, 6.45) is 3.98. The van der Waals surface area contributed by atoms with Crippen LogP contribution in [0.25, 0.3) is 12.2 Å². The molecule has 2 rings (SSSR count). The molecule has 1 aromatic carbocycles. The summed E-state index contributed by atoms with van der Waals surface area (Å²) in [6.45, 7) is 6.18. The average molecular weight is 341 g/mol. The maximum Gasteiger partial charge on any atom is 0.274 e. The number of aromatic nitrogens is 2. The topological polar surface area (TPSA) is 97.9 Å². The van der Waals surface area contributed by atoms with Gasteiger partial charge in [0.25, 0.3) is 11.1 Å². The molecule has 0 unspecified atom stereocenters. The van der Waals surface area contributed by atoms with Crippen LogP contribution >= 0.6 is 0 Å². The molecule has 3 N–H and O–H groups in total. The number of hydrogen-bond acceptors (Lipinski definition) is 3. The summed E-state index contributed by atoms with van der Waals surface area (Å²) in [7, 11) is 1.57. The summed E-state index contributed by atoms with van der Waals surface area (Å²) < 4.78 is 1.34. The SMILES string of the molecule is Cn1c(=O)/c(=C/c2cccc(C(N)=O)c2)[nH]c(=O)/c1=C/CC(C)(C)C. The second kappa shape index (κ2) is 6.93. The van der Waals surface area contributed by atoms with E-state index >= 15 is 0 Å². The Hall–Kier alpha value is -2.89. The zero-order chi connectivity index (χ0) is 18.8. The summed E-state index contributed by atoms with van der Waals surface area (Å²) in [5.41, 5.74) is 5.58. The number of H-pyrrole nitrogens is 1. The van der Waals surface area contributed by atoms with E-state index in [0.717, 1.165) is 0 Å². The number of amides is 1. The molecule has 0 atom stereocenters. The summed E-state index contributed by atoms with van der Waals surface area (Å²) in [6, 6.07) is 6.55. The van der Waals surface area contributed by atoms with Crippen molar-refractivity contribution in [2.75, 3.05) is 0 Å². The molecular weight excluding hydrogens is 318 g/mol. The quantitative estimate of drug-likeness (QED) is 0.835. The molecule has 0 saturated carbocycles. The maximum absolute atomic E-state index is 12.5. The fourth-order valence-corrected chi connectivity index (χ4v) is 2.36. The minimum absolute atomic E-state index is 0.0164. The second-order valence-electron chi connectivity index (χ2n) is 7.22. The second-order valence-corrected chi connectivity index (χ2v) is 7.22. The highest BCUT2D eigenvalue weighted by Crippen LogP contribution is 2.18. The molecular formula is C19H23N3O3. The number of carbonyl (C=O) groups is 1. The van der Waals surface area contributed by atoms with E-state index in [1.807, 2.05) is 0 Å². The van der Waals surface area contributed by atoms with Gasteiger partial charge in [0, 0.05) is 12.6 Å². The lowest BCUT2D eigenvalue weighted by molar-refractivity contribution is 0.100. The van der Waals surface area contributed by atoms with Gasteiger partial charge in [-0.3, -0.25) is 14.4 Å². The molecule has 2 aromatic rings. The Morgan fingerprint density at radius 1 is 1.28 bits per heavy atom. The molecule has 6 nitrogen and oxygen atoms in total. The normalized spacial score (nSPS) is 13.3. The van der Waals surface area contributed by atoms with Gasteiger partial charge in [0.15, 0.2) is 0 Å². The van der Waals surface area contributed by atoms with Gasteiger partial charge in [0.1, 0.15) is 10.7 Å². The molecule has 25 heavy (non-hydrogen) atoms. The van der Waals surface area contributed by atoms with Crippen LogP contribution < -0.4 is 27.6 Å². The molecule has 1 heterocycles. The molecule has 0 bridgehead atoms. The first-order valence-electron chi connectivity index (χ1n) is 7.99. The van der Waals surface area contributed by atoms with Crippen LogP contribution in [0.1, 0.15) is 43.1 Å². The number of aromatic amines is 1. The monoisotopic (exact) mass is 341 g/mol. The number of rotatable bonds is 3. The van der Waals surface area contributed by atoms with Crippen molar-refractivity contribution in [3.8, 4) is 0 Å².